The largest absolute Gasteiger partial charge is 0.508 e. The minimum atomic E-state index is -0.512. The molecule has 1 fully saturated rings. The zero-order chi connectivity index (χ0) is 23.5. The van der Waals surface area contributed by atoms with Crippen LogP contribution in [0.4, 0.5) is 0 Å². The van der Waals surface area contributed by atoms with E-state index in [4.69, 9.17) is 9.72 Å². The lowest BCUT2D eigenvalue weighted by molar-refractivity contribution is -0.160. The summed E-state index contributed by atoms with van der Waals surface area (Å²) in [5.74, 6) is 2.35. The number of aromatic nitrogens is 2. The number of para-hydroxylation sites is 2. The fourth-order valence-electron chi connectivity index (χ4n) is 5.30. The van der Waals surface area contributed by atoms with Crippen molar-refractivity contribution in [3.63, 3.8) is 0 Å². The van der Waals surface area contributed by atoms with Gasteiger partial charge in [-0.05, 0) is 60.4 Å². The van der Waals surface area contributed by atoms with Crippen LogP contribution in [0, 0.1) is 17.8 Å². The lowest BCUT2D eigenvalue weighted by Crippen LogP contribution is -2.38. The highest BCUT2D eigenvalue weighted by Crippen LogP contribution is 2.36. The van der Waals surface area contributed by atoms with Crippen LogP contribution >= 0.6 is 0 Å². The van der Waals surface area contributed by atoms with E-state index in [9.17, 15) is 9.90 Å². The van der Waals surface area contributed by atoms with Crippen LogP contribution in [-0.4, -0.2) is 26.7 Å². The number of benzene rings is 2. The standard InChI is InChI=1S/C28H36N2O3/c1-5-27-29-23-8-6-7-9-24(23)30(27)25(17-20-11-13-21(31)14-12-20)28(32)33-26-16-19(4)10-15-22(26)18(2)3/h6-9,11-14,18-19,22,25-26,31H,5,10,15-17H2,1-4H3/t19-,22+,25-,26?/m1/s1. The Hall–Kier alpha value is -2.82. The second-order valence-corrected chi connectivity index (χ2v) is 9.93. The molecule has 1 aromatic heterocycles. The topological polar surface area (TPSA) is 64.3 Å². The average Bonchev–Trinajstić information content (AvgIpc) is 3.17. The number of phenols is 1. The number of hydrogen-bond donors (Lipinski definition) is 1. The second-order valence-electron chi connectivity index (χ2n) is 9.93. The SMILES string of the molecule is CCc1nc2ccccc2n1[C@H](Cc1ccc(O)cc1)C(=O)OC1C[C@H](C)CC[C@H]1C(C)C. The molecule has 2 aromatic carbocycles. The first-order valence-corrected chi connectivity index (χ1v) is 12.3. The number of imidazole rings is 1. The maximum Gasteiger partial charge on any atom is 0.329 e. The van der Waals surface area contributed by atoms with Crippen LogP contribution in [-0.2, 0) is 22.4 Å². The Balaban J connectivity index is 1.71. The van der Waals surface area contributed by atoms with Crippen molar-refractivity contribution in [2.24, 2.45) is 17.8 Å². The third kappa shape index (κ3) is 5.07. The Morgan fingerprint density at radius 3 is 2.58 bits per heavy atom. The molecule has 1 saturated carbocycles. The maximum atomic E-state index is 13.8. The predicted octanol–water partition coefficient (Wildman–Crippen LogP) is 6.09. The van der Waals surface area contributed by atoms with E-state index < -0.39 is 6.04 Å². The van der Waals surface area contributed by atoms with Crippen molar-refractivity contribution in [1.82, 2.24) is 9.55 Å². The van der Waals surface area contributed by atoms with E-state index in [0.717, 1.165) is 41.7 Å². The van der Waals surface area contributed by atoms with E-state index in [-0.39, 0.29) is 17.8 Å². The molecule has 1 aliphatic rings. The van der Waals surface area contributed by atoms with Crippen LogP contribution in [0.3, 0.4) is 0 Å². The van der Waals surface area contributed by atoms with Crippen LogP contribution in [0.1, 0.15) is 64.4 Å². The molecule has 176 valence electrons. The van der Waals surface area contributed by atoms with Crippen LogP contribution in [0.15, 0.2) is 48.5 Å². The molecule has 0 saturated heterocycles. The minimum Gasteiger partial charge on any atom is -0.508 e. The highest BCUT2D eigenvalue weighted by atomic mass is 16.5. The molecule has 5 heteroatoms. The average molecular weight is 449 g/mol. The fourth-order valence-corrected chi connectivity index (χ4v) is 5.30. The summed E-state index contributed by atoms with van der Waals surface area (Å²) in [5.41, 5.74) is 2.82. The number of aromatic hydroxyl groups is 1. The van der Waals surface area contributed by atoms with Gasteiger partial charge in [-0.15, -0.1) is 0 Å². The number of carbonyl (C=O) groups is 1. The summed E-state index contributed by atoms with van der Waals surface area (Å²) in [7, 11) is 0. The van der Waals surface area contributed by atoms with Crippen molar-refractivity contribution < 1.29 is 14.6 Å². The minimum absolute atomic E-state index is 0.0524. The molecule has 0 bridgehead atoms. The van der Waals surface area contributed by atoms with Gasteiger partial charge in [-0.3, -0.25) is 0 Å². The Labute approximate surface area is 196 Å². The molecule has 0 spiro atoms. The number of esters is 1. The van der Waals surface area contributed by atoms with Gasteiger partial charge in [0.15, 0.2) is 0 Å². The molecule has 0 aliphatic heterocycles. The number of ether oxygens (including phenoxy) is 1. The number of rotatable bonds is 7. The number of carbonyl (C=O) groups excluding carboxylic acids is 1. The van der Waals surface area contributed by atoms with Crippen molar-refractivity contribution in [2.45, 2.75) is 71.9 Å². The summed E-state index contributed by atoms with van der Waals surface area (Å²) in [6.45, 7) is 8.78. The smallest absolute Gasteiger partial charge is 0.329 e. The number of hydrogen-bond acceptors (Lipinski definition) is 4. The first kappa shape index (κ1) is 23.3. The molecule has 5 nitrogen and oxygen atoms in total. The zero-order valence-electron chi connectivity index (χ0n) is 20.2. The number of fused-ring (bicyclic) bond motifs is 1. The molecule has 4 rings (SSSR count). The van der Waals surface area contributed by atoms with Gasteiger partial charge in [-0.1, -0.05) is 58.4 Å². The molecule has 1 unspecified atom stereocenters. The Bertz CT molecular complexity index is 1090. The molecular weight excluding hydrogens is 412 g/mol. The van der Waals surface area contributed by atoms with Crippen molar-refractivity contribution in [2.75, 3.05) is 0 Å². The highest BCUT2D eigenvalue weighted by molar-refractivity contribution is 5.81. The third-order valence-corrected chi connectivity index (χ3v) is 7.16. The van der Waals surface area contributed by atoms with Crippen molar-refractivity contribution in [1.29, 1.82) is 0 Å². The summed E-state index contributed by atoms with van der Waals surface area (Å²) in [5, 5.41) is 9.72. The summed E-state index contributed by atoms with van der Waals surface area (Å²) in [6.07, 6.45) is 4.38. The van der Waals surface area contributed by atoms with Crippen molar-refractivity contribution in [3.05, 3.63) is 59.9 Å². The monoisotopic (exact) mass is 448 g/mol. The van der Waals surface area contributed by atoms with Gasteiger partial charge in [0.05, 0.1) is 11.0 Å². The summed E-state index contributed by atoms with van der Waals surface area (Å²) in [6, 6.07) is 14.6. The van der Waals surface area contributed by atoms with Crippen LogP contribution < -0.4 is 0 Å². The van der Waals surface area contributed by atoms with E-state index in [1.54, 1.807) is 12.1 Å². The first-order chi connectivity index (χ1) is 15.9. The summed E-state index contributed by atoms with van der Waals surface area (Å²) < 4.78 is 8.40. The van der Waals surface area contributed by atoms with Gasteiger partial charge in [0, 0.05) is 12.8 Å². The Morgan fingerprint density at radius 2 is 1.88 bits per heavy atom. The quantitative estimate of drug-likeness (QED) is 0.444. The summed E-state index contributed by atoms with van der Waals surface area (Å²) >= 11 is 0. The van der Waals surface area contributed by atoms with Crippen LogP contribution in [0.5, 0.6) is 5.75 Å². The van der Waals surface area contributed by atoms with E-state index in [1.165, 1.54) is 6.42 Å². The maximum absolute atomic E-state index is 13.8. The van der Waals surface area contributed by atoms with Crippen LogP contribution in [0.25, 0.3) is 11.0 Å². The van der Waals surface area contributed by atoms with Crippen LogP contribution in [0.2, 0.25) is 0 Å². The van der Waals surface area contributed by atoms with Crippen molar-refractivity contribution >= 4 is 17.0 Å². The van der Waals surface area contributed by atoms with Gasteiger partial charge in [-0.25, -0.2) is 9.78 Å². The van der Waals surface area contributed by atoms with E-state index in [1.807, 2.05) is 36.4 Å². The predicted molar refractivity (Wildman–Crippen MR) is 131 cm³/mol. The van der Waals surface area contributed by atoms with E-state index in [2.05, 4.69) is 32.3 Å². The van der Waals surface area contributed by atoms with E-state index in [0.29, 0.717) is 24.2 Å². The highest BCUT2D eigenvalue weighted by Gasteiger charge is 2.36. The molecule has 33 heavy (non-hydrogen) atoms. The number of aryl methyl sites for hydroxylation is 1. The van der Waals surface area contributed by atoms with Gasteiger partial charge >= 0.3 is 5.97 Å². The van der Waals surface area contributed by atoms with Gasteiger partial charge < -0.3 is 14.4 Å². The van der Waals surface area contributed by atoms with Gasteiger partial charge in [0.1, 0.15) is 23.7 Å². The normalized spacial score (nSPS) is 21.9. The molecule has 3 aromatic rings. The summed E-state index contributed by atoms with van der Waals surface area (Å²) in [4.78, 5) is 18.7. The zero-order valence-corrected chi connectivity index (χ0v) is 20.2. The lowest BCUT2D eigenvalue weighted by atomic mass is 9.75. The molecule has 1 N–H and O–H groups in total. The molecule has 0 amide bonds. The molecular formula is C28H36N2O3. The molecule has 1 heterocycles. The lowest BCUT2D eigenvalue weighted by Gasteiger charge is -2.37. The number of phenolic OH excluding ortho intramolecular Hbond substituents is 1. The molecule has 0 radical (unpaired) electrons. The van der Waals surface area contributed by atoms with E-state index >= 15 is 0 Å². The van der Waals surface area contributed by atoms with Gasteiger partial charge in [0.25, 0.3) is 0 Å². The Morgan fingerprint density at radius 1 is 1.15 bits per heavy atom. The van der Waals surface area contributed by atoms with Crippen molar-refractivity contribution in [3.8, 4) is 5.75 Å². The first-order valence-electron chi connectivity index (χ1n) is 12.3. The Kier molecular flexibility index (Phi) is 7.06. The van der Waals surface area contributed by atoms with Gasteiger partial charge in [0.2, 0.25) is 0 Å². The molecule has 1 aliphatic carbocycles. The molecule has 4 atom stereocenters. The fraction of sp³-hybridized carbons (Fsp3) is 0.500. The second kappa shape index (κ2) is 9.98. The third-order valence-electron chi connectivity index (χ3n) is 7.16. The van der Waals surface area contributed by atoms with Gasteiger partial charge in [-0.2, -0.15) is 0 Å². The number of nitrogens with zero attached hydrogens (tertiary/aromatic N) is 2.